The molecule has 0 spiro atoms. The number of rotatable bonds is 5. The first-order chi connectivity index (χ1) is 10.2. The van der Waals surface area contributed by atoms with Gasteiger partial charge in [0.15, 0.2) is 0 Å². The Morgan fingerprint density at radius 1 is 1.32 bits per heavy atom. The van der Waals surface area contributed by atoms with Crippen molar-refractivity contribution in [2.24, 2.45) is 0 Å². The Balaban J connectivity index is 0.00000176. The molecule has 1 aliphatic rings. The number of benzene rings is 1. The zero-order valence-electron chi connectivity index (χ0n) is 12.2. The lowest BCUT2D eigenvalue weighted by Crippen LogP contribution is -2.07. The molecule has 3 rings (SSSR count). The van der Waals surface area contributed by atoms with Crippen LogP contribution in [-0.2, 0) is 6.54 Å². The number of anilines is 1. The van der Waals surface area contributed by atoms with E-state index in [4.69, 9.17) is 5.11 Å². The highest BCUT2D eigenvalue weighted by atomic mass is 35.5. The maximum absolute atomic E-state index is 11.2. The van der Waals surface area contributed by atoms with Crippen molar-refractivity contribution in [3.05, 3.63) is 47.8 Å². The van der Waals surface area contributed by atoms with Crippen LogP contribution in [0.15, 0.2) is 36.7 Å². The number of nitrogens with zero attached hydrogens (tertiary/aromatic N) is 2. The molecule has 1 aromatic carbocycles. The lowest BCUT2D eigenvalue weighted by atomic mass is 10.1. The standard InChI is InChI=1S/C16H19N3O2.ClH/c20-16(21)15-8-4-1-5-12(15)9-17-13-10-18-19(11-13)14-6-2-3-7-14;/h1,4-5,8,10-11,14,17H,2-3,6-7,9H2,(H,20,21);1H. The fraction of sp³-hybridized carbons (Fsp3) is 0.375. The lowest BCUT2D eigenvalue weighted by molar-refractivity contribution is 0.0696. The number of aromatic nitrogens is 2. The predicted molar refractivity (Wildman–Crippen MR) is 87.7 cm³/mol. The molecule has 1 saturated carbocycles. The van der Waals surface area contributed by atoms with E-state index in [9.17, 15) is 4.79 Å². The highest BCUT2D eigenvalue weighted by Crippen LogP contribution is 2.29. The minimum Gasteiger partial charge on any atom is -0.478 e. The van der Waals surface area contributed by atoms with E-state index in [-0.39, 0.29) is 12.4 Å². The first-order valence-electron chi connectivity index (χ1n) is 7.33. The molecule has 1 aliphatic carbocycles. The zero-order valence-corrected chi connectivity index (χ0v) is 13.1. The second kappa shape index (κ2) is 7.31. The van der Waals surface area contributed by atoms with Crippen molar-refractivity contribution in [2.75, 3.05) is 5.32 Å². The molecular formula is C16H20ClN3O2. The van der Waals surface area contributed by atoms with E-state index in [1.165, 1.54) is 25.7 Å². The van der Waals surface area contributed by atoms with Gasteiger partial charge in [0.2, 0.25) is 0 Å². The van der Waals surface area contributed by atoms with E-state index >= 15 is 0 Å². The van der Waals surface area contributed by atoms with E-state index in [0.29, 0.717) is 18.2 Å². The molecule has 0 unspecified atom stereocenters. The van der Waals surface area contributed by atoms with Gasteiger partial charge in [-0.1, -0.05) is 31.0 Å². The van der Waals surface area contributed by atoms with Crippen molar-refractivity contribution < 1.29 is 9.90 Å². The molecule has 0 aliphatic heterocycles. The van der Waals surface area contributed by atoms with Crippen molar-refractivity contribution in [3.63, 3.8) is 0 Å². The van der Waals surface area contributed by atoms with Gasteiger partial charge in [0.05, 0.1) is 23.5 Å². The van der Waals surface area contributed by atoms with E-state index < -0.39 is 5.97 Å². The number of carboxylic acids is 1. The molecule has 0 atom stereocenters. The Kier molecular flexibility index (Phi) is 5.44. The van der Waals surface area contributed by atoms with Gasteiger partial charge in [0, 0.05) is 12.7 Å². The van der Waals surface area contributed by atoms with Crippen molar-refractivity contribution in [3.8, 4) is 0 Å². The maximum atomic E-state index is 11.2. The van der Waals surface area contributed by atoms with Crippen molar-refractivity contribution in [2.45, 2.75) is 38.3 Å². The van der Waals surface area contributed by atoms with E-state index in [0.717, 1.165) is 11.3 Å². The summed E-state index contributed by atoms with van der Waals surface area (Å²) < 4.78 is 2.03. The van der Waals surface area contributed by atoms with Crippen molar-refractivity contribution in [1.82, 2.24) is 9.78 Å². The molecule has 22 heavy (non-hydrogen) atoms. The fourth-order valence-electron chi connectivity index (χ4n) is 2.88. The number of nitrogens with one attached hydrogen (secondary N) is 1. The average Bonchev–Trinajstić information content (AvgIpc) is 3.16. The van der Waals surface area contributed by atoms with E-state index in [1.54, 1.807) is 12.1 Å². The minimum atomic E-state index is -0.894. The van der Waals surface area contributed by atoms with E-state index in [2.05, 4.69) is 10.4 Å². The second-order valence-corrected chi connectivity index (χ2v) is 5.46. The SMILES string of the molecule is Cl.O=C(O)c1ccccc1CNc1cnn(C2CCCC2)c1. The third-order valence-electron chi connectivity index (χ3n) is 4.03. The van der Waals surface area contributed by atoms with Crippen LogP contribution in [0.3, 0.4) is 0 Å². The zero-order chi connectivity index (χ0) is 14.7. The van der Waals surface area contributed by atoms with Crippen LogP contribution in [0.4, 0.5) is 5.69 Å². The molecule has 0 bridgehead atoms. The Labute approximate surface area is 135 Å². The Morgan fingerprint density at radius 3 is 2.77 bits per heavy atom. The first-order valence-corrected chi connectivity index (χ1v) is 7.33. The maximum Gasteiger partial charge on any atom is 0.336 e. The molecule has 2 N–H and O–H groups in total. The highest BCUT2D eigenvalue weighted by Gasteiger charge is 2.17. The molecule has 118 valence electrons. The molecule has 1 fully saturated rings. The van der Waals surface area contributed by atoms with E-state index in [1.807, 2.05) is 29.2 Å². The van der Waals surface area contributed by atoms with Gasteiger partial charge in [-0.05, 0) is 24.5 Å². The van der Waals surface area contributed by atoms with Gasteiger partial charge in [0.1, 0.15) is 0 Å². The summed E-state index contributed by atoms with van der Waals surface area (Å²) in [6.45, 7) is 0.485. The summed E-state index contributed by atoms with van der Waals surface area (Å²) in [7, 11) is 0. The van der Waals surface area contributed by atoms with Gasteiger partial charge in [-0.3, -0.25) is 4.68 Å². The van der Waals surface area contributed by atoms with Crippen LogP contribution in [0.2, 0.25) is 0 Å². The molecule has 5 nitrogen and oxygen atoms in total. The van der Waals surface area contributed by atoms with Gasteiger partial charge in [-0.25, -0.2) is 4.79 Å². The number of hydrogen-bond donors (Lipinski definition) is 2. The van der Waals surface area contributed by atoms with Gasteiger partial charge in [-0.15, -0.1) is 12.4 Å². The number of aromatic carboxylic acids is 1. The third kappa shape index (κ3) is 3.60. The number of carbonyl (C=O) groups is 1. The average molecular weight is 322 g/mol. The first kappa shape index (κ1) is 16.4. The monoisotopic (exact) mass is 321 g/mol. The van der Waals surface area contributed by atoms with Crippen LogP contribution in [0.5, 0.6) is 0 Å². The quantitative estimate of drug-likeness (QED) is 0.880. The number of hydrogen-bond acceptors (Lipinski definition) is 3. The van der Waals surface area contributed by atoms with Gasteiger partial charge in [0.25, 0.3) is 0 Å². The summed E-state index contributed by atoms with van der Waals surface area (Å²) in [5, 5.41) is 16.8. The Bertz CT molecular complexity index is 636. The summed E-state index contributed by atoms with van der Waals surface area (Å²) in [4.78, 5) is 11.2. The summed E-state index contributed by atoms with van der Waals surface area (Å²) in [5.74, 6) is -0.894. The highest BCUT2D eigenvalue weighted by molar-refractivity contribution is 5.89. The number of carboxylic acid groups (broad SMARTS) is 1. The van der Waals surface area contributed by atoms with Crippen LogP contribution in [-0.4, -0.2) is 20.9 Å². The fourth-order valence-corrected chi connectivity index (χ4v) is 2.88. The second-order valence-electron chi connectivity index (χ2n) is 5.46. The molecule has 1 heterocycles. The molecule has 0 amide bonds. The molecule has 1 aromatic heterocycles. The number of halogens is 1. The van der Waals surface area contributed by atoms with Crippen LogP contribution in [0.1, 0.15) is 47.6 Å². The normalized spacial score (nSPS) is 14.5. The van der Waals surface area contributed by atoms with Gasteiger partial charge < -0.3 is 10.4 Å². The van der Waals surface area contributed by atoms with Crippen LogP contribution in [0, 0.1) is 0 Å². The lowest BCUT2D eigenvalue weighted by Gasteiger charge is -2.09. The summed E-state index contributed by atoms with van der Waals surface area (Å²) in [6.07, 6.45) is 8.77. The molecule has 0 radical (unpaired) electrons. The molecule has 6 heteroatoms. The molecule has 0 saturated heterocycles. The smallest absolute Gasteiger partial charge is 0.336 e. The summed E-state index contributed by atoms with van der Waals surface area (Å²) in [5.41, 5.74) is 2.05. The van der Waals surface area contributed by atoms with Gasteiger partial charge >= 0.3 is 5.97 Å². The Morgan fingerprint density at radius 2 is 2.05 bits per heavy atom. The predicted octanol–water partition coefficient (Wildman–Crippen LogP) is 3.73. The summed E-state index contributed by atoms with van der Waals surface area (Å²) >= 11 is 0. The van der Waals surface area contributed by atoms with Crippen LogP contribution < -0.4 is 5.32 Å². The molecule has 2 aromatic rings. The third-order valence-corrected chi connectivity index (χ3v) is 4.03. The summed E-state index contributed by atoms with van der Waals surface area (Å²) in [6, 6.07) is 7.57. The minimum absolute atomic E-state index is 0. The van der Waals surface area contributed by atoms with Crippen molar-refractivity contribution in [1.29, 1.82) is 0 Å². The van der Waals surface area contributed by atoms with Crippen LogP contribution >= 0.6 is 12.4 Å². The molecular weight excluding hydrogens is 302 g/mol. The largest absolute Gasteiger partial charge is 0.478 e. The topological polar surface area (TPSA) is 67.2 Å². The van der Waals surface area contributed by atoms with Gasteiger partial charge in [-0.2, -0.15) is 5.10 Å². The van der Waals surface area contributed by atoms with Crippen molar-refractivity contribution >= 4 is 24.1 Å². The van der Waals surface area contributed by atoms with Crippen LogP contribution in [0.25, 0.3) is 0 Å². The Hall–Kier alpha value is -2.01.